The Kier molecular flexibility index (Phi) is 5.49. The number of aliphatic hydroxyl groups is 1. The summed E-state index contributed by atoms with van der Waals surface area (Å²) >= 11 is 0. The fourth-order valence-corrected chi connectivity index (χ4v) is 4.59. The van der Waals surface area contributed by atoms with Crippen LogP contribution in [0.1, 0.15) is 19.8 Å². The fraction of sp³-hybridized carbons (Fsp3) is 0.600. The molecule has 1 fully saturated rings. The predicted octanol–water partition coefficient (Wildman–Crippen LogP) is 1.62. The summed E-state index contributed by atoms with van der Waals surface area (Å²) in [5.74, 6) is -0.745. The average molecular weight is 347 g/mol. The van der Waals surface area contributed by atoms with E-state index in [1.165, 1.54) is 18.5 Å². The smallest absolute Gasteiger partial charge is 0.246 e. The van der Waals surface area contributed by atoms with Crippen molar-refractivity contribution in [2.45, 2.75) is 30.7 Å². The first kappa shape index (κ1) is 18.0. The van der Waals surface area contributed by atoms with Crippen LogP contribution < -0.4 is 9.47 Å². The molecule has 130 valence electrons. The molecule has 1 aromatic carbocycles. The zero-order valence-electron chi connectivity index (χ0n) is 13.5. The second-order valence-electron chi connectivity index (χ2n) is 5.69. The van der Waals surface area contributed by atoms with Crippen LogP contribution in [0.2, 0.25) is 0 Å². The number of methoxy groups -OCH3 is 2. The van der Waals surface area contributed by atoms with Gasteiger partial charge in [-0.3, -0.25) is 0 Å². The van der Waals surface area contributed by atoms with E-state index in [4.69, 9.17) is 9.47 Å². The van der Waals surface area contributed by atoms with Gasteiger partial charge in [-0.05, 0) is 25.7 Å². The zero-order chi connectivity index (χ0) is 17.2. The van der Waals surface area contributed by atoms with Gasteiger partial charge in [0.25, 0.3) is 0 Å². The number of rotatable bonds is 5. The molecule has 1 heterocycles. The highest BCUT2D eigenvalue weighted by molar-refractivity contribution is 7.89. The van der Waals surface area contributed by atoms with E-state index >= 15 is 0 Å². The summed E-state index contributed by atoms with van der Waals surface area (Å²) in [6.07, 6.45) is 1.37. The van der Waals surface area contributed by atoms with Crippen molar-refractivity contribution >= 4 is 10.0 Å². The molecule has 1 saturated heterocycles. The highest BCUT2D eigenvalue weighted by atomic mass is 32.2. The highest BCUT2D eigenvalue weighted by Crippen LogP contribution is 2.35. The highest BCUT2D eigenvalue weighted by Gasteiger charge is 2.36. The Morgan fingerprint density at radius 3 is 2.43 bits per heavy atom. The van der Waals surface area contributed by atoms with Crippen molar-refractivity contribution in [2.24, 2.45) is 5.92 Å². The first-order valence-corrected chi connectivity index (χ1v) is 8.83. The summed E-state index contributed by atoms with van der Waals surface area (Å²) in [6.45, 7) is 1.87. The number of halogens is 1. The van der Waals surface area contributed by atoms with Gasteiger partial charge in [-0.25, -0.2) is 12.8 Å². The van der Waals surface area contributed by atoms with Gasteiger partial charge in [0, 0.05) is 31.3 Å². The van der Waals surface area contributed by atoms with Gasteiger partial charge in [-0.2, -0.15) is 4.31 Å². The number of piperidine rings is 1. The molecule has 2 unspecified atom stereocenters. The van der Waals surface area contributed by atoms with Gasteiger partial charge in [0.15, 0.2) is 11.5 Å². The molecule has 23 heavy (non-hydrogen) atoms. The average Bonchev–Trinajstić information content (AvgIpc) is 2.54. The molecule has 1 aliphatic heterocycles. The van der Waals surface area contributed by atoms with Crippen LogP contribution in [0.4, 0.5) is 4.39 Å². The van der Waals surface area contributed by atoms with Gasteiger partial charge in [-0.1, -0.05) is 0 Å². The third-order valence-corrected chi connectivity index (χ3v) is 6.20. The largest absolute Gasteiger partial charge is 0.493 e. The van der Waals surface area contributed by atoms with Crippen LogP contribution in [0.25, 0.3) is 0 Å². The van der Waals surface area contributed by atoms with Crippen molar-refractivity contribution in [1.29, 1.82) is 0 Å². The zero-order valence-corrected chi connectivity index (χ0v) is 14.3. The minimum Gasteiger partial charge on any atom is -0.493 e. The lowest BCUT2D eigenvalue weighted by Gasteiger charge is -2.36. The lowest BCUT2D eigenvalue weighted by atomic mass is 9.96. The SMILES string of the molecule is COc1cc(F)c(S(=O)(=O)N2CC(CO)CCC2C)cc1OC. The minimum absolute atomic E-state index is 0.0901. The molecule has 0 saturated carbocycles. The second kappa shape index (κ2) is 7.02. The van der Waals surface area contributed by atoms with Crippen LogP contribution in [-0.2, 0) is 10.0 Å². The molecule has 0 amide bonds. The lowest BCUT2D eigenvalue weighted by Crippen LogP contribution is -2.46. The molecule has 0 aliphatic carbocycles. The normalized spacial score (nSPS) is 22.8. The van der Waals surface area contributed by atoms with E-state index in [0.717, 1.165) is 18.6 Å². The van der Waals surface area contributed by atoms with E-state index in [1.807, 2.05) is 0 Å². The van der Waals surface area contributed by atoms with Crippen molar-refractivity contribution in [2.75, 3.05) is 27.4 Å². The Morgan fingerprint density at radius 2 is 1.87 bits per heavy atom. The van der Waals surface area contributed by atoms with Crippen LogP contribution in [0.5, 0.6) is 11.5 Å². The number of ether oxygens (including phenoxy) is 2. The number of hydrogen-bond acceptors (Lipinski definition) is 5. The maximum Gasteiger partial charge on any atom is 0.246 e. The van der Waals surface area contributed by atoms with Gasteiger partial charge < -0.3 is 14.6 Å². The van der Waals surface area contributed by atoms with Gasteiger partial charge in [0.2, 0.25) is 10.0 Å². The van der Waals surface area contributed by atoms with E-state index in [9.17, 15) is 17.9 Å². The molecule has 0 aromatic heterocycles. The lowest BCUT2D eigenvalue weighted by molar-refractivity contribution is 0.139. The van der Waals surface area contributed by atoms with Crippen molar-refractivity contribution < 1.29 is 27.4 Å². The molecule has 1 aromatic rings. The molecule has 0 radical (unpaired) electrons. The predicted molar refractivity (Wildman–Crippen MR) is 82.7 cm³/mol. The van der Waals surface area contributed by atoms with Crippen molar-refractivity contribution in [1.82, 2.24) is 4.31 Å². The van der Waals surface area contributed by atoms with E-state index in [-0.39, 0.29) is 36.6 Å². The summed E-state index contributed by atoms with van der Waals surface area (Å²) < 4.78 is 51.3. The summed E-state index contributed by atoms with van der Waals surface area (Å²) in [5.41, 5.74) is 0. The minimum atomic E-state index is -4.03. The van der Waals surface area contributed by atoms with Crippen LogP contribution in [0.3, 0.4) is 0 Å². The molecular weight excluding hydrogens is 325 g/mol. The molecule has 0 spiro atoms. The van der Waals surface area contributed by atoms with Crippen LogP contribution in [0, 0.1) is 11.7 Å². The van der Waals surface area contributed by atoms with Crippen LogP contribution in [0.15, 0.2) is 17.0 Å². The van der Waals surface area contributed by atoms with Gasteiger partial charge >= 0.3 is 0 Å². The maximum absolute atomic E-state index is 14.3. The molecular formula is C15H22FNO5S. The molecule has 0 bridgehead atoms. The Morgan fingerprint density at radius 1 is 1.26 bits per heavy atom. The third kappa shape index (κ3) is 3.44. The molecule has 8 heteroatoms. The Hall–Kier alpha value is -1.38. The van der Waals surface area contributed by atoms with E-state index in [2.05, 4.69) is 0 Å². The van der Waals surface area contributed by atoms with Crippen molar-refractivity contribution in [3.05, 3.63) is 17.9 Å². The van der Waals surface area contributed by atoms with E-state index in [1.54, 1.807) is 6.92 Å². The fourth-order valence-electron chi connectivity index (χ4n) is 2.79. The van der Waals surface area contributed by atoms with Crippen molar-refractivity contribution in [3.63, 3.8) is 0 Å². The first-order valence-electron chi connectivity index (χ1n) is 7.39. The summed E-state index contributed by atoms with van der Waals surface area (Å²) in [6, 6.07) is 1.89. The molecule has 1 N–H and O–H groups in total. The quantitative estimate of drug-likeness (QED) is 0.876. The Bertz CT molecular complexity index is 664. The molecule has 1 aliphatic rings. The number of benzene rings is 1. The van der Waals surface area contributed by atoms with Gasteiger partial charge in [0.05, 0.1) is 14.2 Å². The third-order valence-electron chi connectivity index (χ3n) is 4.21. The summed E-state index contributed by atoms with van der Waals surface area (Å²) in [7, 11) is -1.32. The number of aliphatic hydroxyl groups excluding tert-OH is 1. The maximum atomic E-state index is 14.3. The number of sulfonamides is 1. The van der Waals surface area contributed by atoms with Gasteiger partial charge in [-0.15, -0.1) is 0 Å². The van der Waals surface area contributed by atoms with E-state index < -0.39 is 20.7 Å². The molecule has 6 nitrogen and oxygen atoms in total. The topological polar surface area (TPSA) is 76.1 Å². The first-order chi connectivity index (χ1) is 10.8. The van der Waals surface area contributed by atoms with Crippen LogP contribution >= 0.6 is 0 Å². The number of hydrogen-bond donors (Lipinski definition) is 1. The number of nitrogens with zero attached hydrogens (tertiary/aromatic N) is 1. The van der Waals surface area contributed by atoms with Crippen molar-refractivity contribution in [3.8, 4) is 11.5 Å². The Labute approximate surface area is 135 Å². The van der Waals surface area contributed by atoms with Gasteiger partial charge in [0.1, 0.15) is 10.7 Å². The summed E-state index contributed by atoms with van der Waals surface area (Å²) in [4.78, 5) is -0.444. The standard InChI is InChI=1S/C15H22FNO5S/c1-10-4-5-11(9-18)8-17(10)23(19,20)15-7-14(22-3)13(21-2)6-12(15)16/h6-7,10-11,18H,4-5,8-9H2,1-3H3. The van der Waals surface area contributed by atoms with Crippen LogP contribution in [-0.4, -0.2) is 51.2 Å². The summed E-state index contributed by atoms with van der Waals surface area (Å²) in [5, 5.41) is 9.30. The Balaban J connectivity index is 2.46. The monoisotopic (exact) mass is 347 g/mol. The molecule has 2 atom stereocenters. The molecule has 2 rings (SSSR count). The van der Waals surface area contributed by atoms with E-state index in [0.29, 0.717) is 6.42 Å². The second-order valence-corrected chi connectivity index (χ2v) is 7.55.